The minimum absolute atomic E-state index is 0.0327. The van der Waals surface area contributed by atoms with Gasteiger partial charge in [0.05, 0.1) is 12.7 Å². The monoisotopic (exact) mass is 527 g/mol. The van der Waals surface area contributed by atoms with Crippen LogP contribution in [0.15, 0.2) is 53.4 Å². The quantitative estimate of drug-likeness (QED) is 0.620. The molecule has 0 radical (unpaired) electrons. The van der Waals surface area contributed by atoms with E-state index in [-0.39, 0.29) is 16.9 Å². The van der Waals surface area contributed by atoms with Crippen LogP contribution < -0.4 is 9.46 Å². The summed E-state index contributed by atoms with van der Waals surface area (Å²) in [6.07, 6.45) is 7.85. The van der Waals surface area contributed by atoms with Gasteiger partial charge >= 0.3 is 0 Å². The number of benzene rings is 2. The minimum atomic E-state index is -3.85. The van der Waals surface area contributed by atoms with E-state index in [1.807, 2.05) is 49.5 Å². The van der Waals surface area contributed by atoms with Crippen molar-refractivity contribution >= 4 is 10.0 Å². The number of piperidine rings is 1. The largest absolute Gasteiger partial charge is 0.492 e. The van der Waals surface area contributed by atoms with Crippen molar-refractivity contribution in [1.29, 1.82) is 0 Å². The van der Waals surface area contributed by atoms with Crippen LogP contribution in [0, 0.1) is 5.41 Å². The maximum absolute atomic E-state index is 13.2. The molecule has 1 saturated carbocycles. The molecule has 1 saturated heterocycles. The fraction of sp³-hybridized carbons (Fsp3) is 0.586. The molecule has 1 aliphatic carbocycles. The molecule has 7 nitrogen and oxygen atoms in total. The van der Waals surface area contributed by atoms with Crippen molar-refractivity contribution in [2.45, 2.75) is 62.0 Å². The number of ether oxygens (including phenoxy) is 1. The number of nitrogens with zero attached hydrogens (tertiary/aromatic N) is 2. The maximum atomic E-state index is 13.2. The smallest absolute Gasteiger partial charge is 0.244 e. The molecule has 1 unspecified atom stereocenters. The van der Waals surface area contributed by atoms with Crippen molar-refractivity contribution < 1.29 is 18.3 Å². The zero-order chi connectivity index (χ0) is 25.9. The Morgan fingerprint density at radius 3 is 2.46 bits per heavy atom. The van der Waals surface area contributed by atoms with Gasteiger partial charge in [-0.05, 0) is 69.1 Å². The molecule has 202 valence electrons. The lowest BCUT2D eigenvalue weighted by Gasteiger charge is -2.46. The summed E-state index contributed by atoms with van der Waals surface area (Å²) in [6, 6.07) is 15.9. The van der Waals surface area contributed by atoms with Gasteiger partial charge in [0, 0.05) is 31.1 Å². The molecule has 2 aliphatic heterocycles. The van der Waals surface area contributed by atoms with E-state index in [0.717, 1.165) is 43.6 Å². The molecule has 5 rings (SSSR count). The molecule has 0 amide bonds. The SMILES string of the molecule is CN1CC(O)CNS(=O)(=O)c2ccc(-c3ccccc3)cc2OCC2(CCN(C3CCCCC3)CC2)C1. The van der Waals surface area contributed by atoms with Gasteiger partial charge < -0.3 is 19.6 Å². The Labute approximate surface area is 221 Å². The van der Waals surface area contributed by atoms with Gasteiger partial charge in [-0.25, -0.2) is 13.1 Å². The molecule has 1 spiro atoms. The van der Waals surface area contributed by atoms with Crippen molar-refractivity contribution in [2.24, 2.45) is 5.41 Å². The van der Waals surface area contributed by atoms with Gasteiger partial charge in [-0.15, -0.1) is 0 Å². The van der Waals surface area contributed by atoms with Crippen molar-refractivity contribution in [2.75, 3.05) is 46.4 Å². The molecule has 1 atom stereocenters. The summed E-state index contributed by atoms with van der Waals surface area (Å²) in [4.78, 5) is 4.94. The van der Waals surface area contributed by atoms with Crippen LogP contribution in [0.5, 0.6) is 5.75 Å². The number of aliphatic hydroxyl groups is 1. The Morgan fingerprint density at radius 2 is 1.73 bits per heavy atom. The fourth-order valence-corrected chi connectivity index (χ4v) is 7.58. The third-order valence-corrected chi connectivity index (χ3v) is 9.92. The van der Waals surface area contributed by atoms with Crippen LogP contribution in [0.2, 0.25) is 0 Å². The van der Waals surface area contributed by atoms with E-state index < -0.39 is 16.1 Å². The summed E-state index contributed by atoms with van der Waals surface area (Å²) in [5.74, 6) is 0.376. The highest BCUT2D eigenvalue weighted by Gasteiger charge is 2.39. The van der Waals surface area contributed by atoms with Crippen LogP contribution in [0.4, 0.5) is 0 Å². The normalized spacial score (nSPS) is 25.9. The summed E-state index contributed by atoms with van der Waals surface area (Å²) in [7, 11) is -1.83. The number of fused-ring (bicyclic) bond motifs is 1. The van der Waals surface area contributed by atoms with E-state index in [4.69, 9.17) is 4.74 Å². The van der Waals surface area contributed by atoms with Crippen LogP contribution >= 0.6 is 0 Å². The average Bonchev–Trinajstić information content (AvgIpc) is 2.91. The number of likely N-dealkylation sites (tertiary alicyclic amines) is 1. The zero-order valence-corrected chi connectivity index (χ0v) is 22.8. The zero-order valence-electron chi connectivity index (χ0n) is 21.9. The first-order chi connectivity index (χ1) is 17.8. The highest BCUT2D eigenvalue weighted by molar-refractivity contribution is 7.89. The fourth-order valence-electron chi connectivity index (χ4n) is 6.39. The predicted octanol–water partition coefficient (Wildman–Crippen LogP) is 3.73. The van der Waals surface area contributed by atoms with E-state index in [1.54, 1.807) is 6.07 Å². The third kappa shape index (κ3) is 6.37. The van der Waals surface area contributed by atoms with Crippen molar-refractivity contribution in [3.8, 4) is 16.9 Å². The van der Waals surface area contributed by atoms with Crippen LogP contribution in [0.25, 0.3) is 11.1 Å². The molecule has 0 bridgehead atoms. The van der Waals surface area contributed by atoms with Gasteiger partial charge in [-0.3, -0.25) is 0 Å². The molecular weight excluding hydrogens is 486 g/mol. The second-order valence-corrected chi connectivity index (χ2v) is 13.1. The highest BCUT2D eigenvalue weighted by Crippen LogP contribution is 2.38. The summed E-state index contributed by atoms with van der Waals surface area (Å²) in [5, 5.41) is 10.6. The first kappa shape index (κ1) is 26.6. The number of rotatable bonds is 2. The molecule has 2 fully saturated rings. The van der Waals surface area contributed by atoms with Gasteiger partial charge in [0.15, 0.2) is 0 Å². The number of hydrogen-bond donors (Lipinski definition) is 2. The van der Waals surface area contributed by atoms with Gasteiger partial charge in [0.25, 0.3) is 0 Å². The lowest BCUT2D eigenvalue weighted by Crippen LogP contribution is -2.52. The second kappa shape index (κ2) is 11.4. The van der Waals surface area contributed by atoms with E-state index in [9.17, 15) is 13.5 Å². The van der Waals surface area contributed by atoms with Crippen LogP contribution in [-0.2, 0) is 10.0 Å². The Bertz CT molecular complexity index is 1140. The Balaban J connectivity index is 1.44. The third-order valence-electron chi connectivity index (χ3n) is 8.46. The number of β-amino-alcohol motifs (C(OH)–C–C–N with tert-alkyl or cyclic N) is 1. The number of sulfonamides is 1. The summed E-state index contributed by atoms with van der Waals surface area (Å²) >= 11 is 0. The predicted molar refractivity (Wildman–Crippen MR) is 146 cm³/mol. The lowest BCUT2D eigenvalue weighted by atomic mass is 9.77. The topological polar surface area (TPSA) is 82.1 Å². The lowest BCUT2D eigenvalue weighted by molar-refractivity contribution is -0.000182. The highest BCUT2D eigenvalue weighted by atomic mass is 32.2. The van der Waals surface area contributed by atoms with Crippen LogP contribution in [0.1, 0.15) is 44.9 Å². The molecule has 2 aromatic rings. The Hall–Kier alpha value is -1.97. The van der Waals surface area contributed by atoms with Crippen molar-refractivity contribution in [1.82, 2.24) is 14.5 Å². The van der Waals surface area contributed by atoms with Gasteiger partial charge in [0.2, 0.25) is 10.0 Å². The van der Waals surface area contributed by atoms with E-state index in [2.05, 4.69) is 14.5 Å². The summed E-state index contributed by atoms with van der Waals surface area (Å²) < 4.78 is 35.6. The Morgan fingerprint density at radius 1 is 1.00 bits per heavy atom. The van der Waals surface area contributed by atoms with E-state index in [1.165, 1.54) is 32.1 Å². The first-order valence-electron chi connectivity index (χ1n) is 13.8. The van der Waals surface area contributed by atoms with Crippen molar-refractivity contribution in [3.05, 3.63) is 48.5 Å². The summed E-state index contributed by atoms with van der Waals surface area (Å²) in [6.45, 7) is 3.73. The Kier molecular flexibility index (Phi) is 8.22. The second-order valence-electron chi connectivity index (χ2n) is 11.3. The first-order valence-corrected chi connectivity index (χ1v) is 15.2. The molecule has 37 heavy (non-hydrogen) atoms. The van der Waals surface area contributed by atoms with Gasteiger partial charge in [-0.2, -0.15) is 0 Å². The average molecular weight is 528 g/mol. The molecule has 2 N–H and O–H groups in total. The molecule has 0 aromatic heterocycles. The summed E-state index contributed by atoms with van der Waals surface area (Å²) in [5.41, 5.74) is 1.83. The number of hydrogen-bond acceptors (Lipinski definition) is 6. The maximum Gasteiger partial charge on any atom is 0.244 e. The number of aliphatic hydroxyl groups excluding tert-OH is 1. The van der Waals surface area contributed by atoms with Gasteiger partial charge in [0.1, 0.15) is 10.6 Å². The van der Waals surface area contributed by atoms with E-state index in [0.29, 0.717) is 24.9 Å². The molecule has 2 aromatic carbocycles. The van der Waals surface area contributed by atoms with E-state index >= 15 is 0 Å². The molecular formula is C29H41N3O4S. The number of nitrogens with one attached hydrogen (secondary N) is 1. The standard InChI is InChI=1S/C29H41N3O4S/c1-31-20-26(33)19-30-37(34,35)28-13-12-24(23-8-4-2-5-9-23)18-27(28)36-22-29(21-31)14-16-32(17-15-29)25-10-6-3-7-11-25/h2,4-5,8-9,12-13,18,25-26,30,33H,3,6-7,10-11,14-17,19-22H2,1H3. The minimum Gasteiger partial charge on any atom is -0.492 e. The van der Waals surface area contributed by atoms with Gasteiger partial charge in [-0.1, -0.05) is 55.7 Å². The van der Waals surface area contributed by atoms with Crippen LogP contribution in [-0.4, -0.2) is 81.8 Å². The molecule has 8 heteroatoms. The van der Waals surface area contributed by atoms with Crippen molar-refractivity contribution in [3.63, 3.8) is 0 Å². The number of likely N-dealkylation sites (N-methyl/N-ethyl adjacent to an activating group) is 1. The molecule has 3 aliphatic rings. The van der Waals surface area contributed by atoms with Crippen LogP contribution in [0.3, 0.4) is 0 Å². The molecule has 2 heterocycles.